The molecule has 0 aliphatic carbocycles. The van der Waals surface area contributed by atoms with Crippen molar-refractivity contribution in [1.29, 1.82) is 0 Å². The molecule has 0 spiro atoms. The highest BCUT2D eigenvalue weighted by Crippen LogP contribution is 2.25. The molecule has 0 saturated carbocycles. The summed E-state index contributed by atoms with van der Waals surface area (Å²) in [7, 11) is 1.33. The number of hydrogen-bond donors (Lipinski definition) is 1. The van der Waals surface area contributed by atoms with Gasteiger partial charge in [-0.2, -0.15) is 0 Å². The zero-order valence-electron chi connectivity index (χ0n) is 12.3. The minimum absolute atomic E-state index is 0.188. The van der Waals surface area contributed by atoms with Crippen molar-refractivity contribution in [3.63, 3.8) is 0 Å². The number of benzene rings is 2. The summed E-state index contributed by atoms with van der Waals surface area (Å²) in [5, 5.41) is 2.70. The van der Waals surface area contributed by atoms with E-state index >= 15 is 0 Å². The van der Waals surface area contributed by atoms with Gasteiger partial charge in [0, 0.05) is 12.6 Å². The lowest BCUT2D eigenvalue weighted by Crippen LogP contribution is -2.08. The summed E-state index contributed by atoms with van der Waals surface area (Å²) in [5.74, 6) is -0.623. The van der Waals surface area contributed by atoms with Crippen molar-refractivity contribution in [1.82, 2.24) is 0 Å². The molecule has 1 amide bonds. The van der Waals surface area contributed by atoms with E-state index in [2.05, 4.69) is 5.32 Å². The monoisotopic (exact) mass is 283 g/mol. The number of anilines is 1. The van der Waals surface area contributed by atoms with Gasteiger partial charge in [-0.05, 0) is 36.2 Å². The molecule has 108 valence electrons. The zero-order valence-corrected chi connectivity index (χ0v) is 12.3. The normalized spacial score (nSPS) is 10.0. The van der Waals surface area contributed by atoms with E-state index in [-0.39, 0.29) is 5.91 Å². The fourth-order valence-corrected chi connectivity index (χ4v) is 2.05. The molecule has 0 aliphatic rings. The van der Waals surface area contributed by atoms with Crippen molar-refractivity contribution in [2.24, 2.45) is 0 Å². The molecule has 4 nitrogen and oxygen atoms in total. The average Bonchev–Trinajstić information content (AvgIpc) is 2.46. The van der Waals surface area contributed by atoms with E-state index in [1.54, 1.807) is 12.1 Å². The summed E-state index contributed by atoms with van der Waals surface area (Å²) in [6.45, 7) is 3.44. The number of rotatable bonds is 3. The number of aryl methyl sites for hydroxylation is 1. The third-order valence-corrected chi connectivity index (χ3v) is 3.06. The Morgan fingerprint density at radius 3 is 2.24 bits per heavy atom. The molecule has 0 bridgehead atoms. The molecule has 4 heteroatoms. The number of esters is 1. The van der Waals surface area contributed by atoms with Gasteiger partial charge < -0.3 is 10.1 Å². The van der Waals surface area contributed by atoms with Crippen LogP contribution in [-0.4, -0.2) is 19.0 Å². The van der Waals surface area contributed by atoms with Gasteiger partial charge in [-0.25, -0.2) is 4.79 Å². The van der Waals surface area contributed by atoms with Gasteiger partial charge in [-0.3, -0.25) is 4.79 Å². The highest BCUT2D eigenvalue weighted by Gasteiger charge is 2.10. The second-order valence-electron chi connectivity index (χ2n) is 4.84. The topological polar surface area (TPSA) is 55.4 Å². The lowest BCUT2D eigenvalue weighted by atomic mass is 10.0. The van der Waals surface area contributed by atoms with Gasteiger partial charge in [-0.1, -0.05) is 29.8 Å². The van der Waals surface area contributed by atoms with Crippen molar-refractivity contribution in [2.45, 2.75) is 13.8 Å². The van der Waals surface area contributed by atoms with E-state index in [4.69, 9.17) is 4.74 Å². The number of methoxy groups -OCH3 is 1. The molecular formula is C17H17NO3. The second-order valence-corrected chi connectivity index (χ2v) is 4.84. The predicted molar refractivity (Wildman–Crippen MR) is 82.3 cm³/mol. The SMILES string of the molecule is COC(=O)c1cc(NC(C)=O)cc(-c2ccc(C)cc2)c1. The fourth-order valence-electron chi connectivity index (χ4n) is 2.05. The van der Waals surface area contributed by atoms with E-state index in [0.717, 1.165) is 16.7 Å². The molecule has 0 fully saturated rings. The van der Waals surface area contributed by atoms with Crippen LogP contribution in [0, 0.1) is 6.92 Å². The van der Waals surface area contributed by atoms with Crippen molar-refractivity contribution < 1.29 is 14.3 Å². The highest BCUT2D eigenvalue weighted by molar-refractivity contribution is 5.95. The first-order valence-electron chi connectivity index (χ1n) is 6.57. The number of carbonyl (C=O) groups is 2. The first-order chi connectivity index (χ1) is 9.99. The molecule has 0 aliphatic heterocycles. The number of ether oxygens (including phenoxy) is 1. The summed E-state index contributed by atoms with van der Waals surface area (Å²) >= 11 is 0. The lowest BCUT2D eigenvalue weighted by Gasteiger charge is -2.10. The Balaban J connectivity index is 2.50. The van der Waals surface area contributed by atoms with Gasteiger partial charge in [0.2, 0.25) is 5.91 Å². The molecule has 0 aromatic heterocycles. The van der Waals surface area contributed by atoms with Crippen molar-refractivity contribution in [2.75, 3.05) is 12.4 Å². The van der Waals surface area contributed by atoms with Crippen LogP contribution in [-0.2, 0) is 9.53 Å². The molecule has 1 N–H and O–H groups in total. The summed E-state index contributed by atoms with van der Waals surface area (Å²) < 4.78 is 4.75. The predicted octanol–water partition coefficient (Wildman–Crippen LogP) is 3.41. The quantitative estimate of drug-likeness (QED) is 0.878. The molecule has 2 rings (SSSR count). The van der Waals surface area contributed by atoms with E-state index in [9.17, 15) is 9.59 Å². The Labute approximate surface area is 123 Å². The average molecular weight is 283 g/mol. The lowest BCUT2D eigenvalue weighted by molar-refractivity contribution is -0.114. The van der Waals surface area contributed by atoms with Crippen LogP contribution in [0.2, 0.25) is 0 Å². The minimum Gasteiger partial charge on any atom is -0.465 e. The van der Waals surface area contributed by atoms with Crippen LogP contribution >= 0.6 is 0 Å². The Morgan fingerprint density at radius 1 is 1.00 bits per heavy atom. The van der Waals surface area contributed by atoms with Gasteiger partial charge >= 0.3 is 5.97 Å². The third-order valence-electron chi connectivity index (χ3n) is 3.06. The molecule has 0 radical (unpaired) electrons. The van der Waals surface area contributed by atoms with E-state index in [0.29, 0.717) is 11.3 Å². The molecule has 21 heavy (non-hydrogen) atoms. The third kappa shape index (κ3) is 3.69. The number of nitrogens with one attached hydrogen (secondary N) is 1. The largest absolute Gasteiger partial charge is 0.465 e. The van der Waals surface area contributed by atoms with E-state index < -0.39 is 5.97 Å². The summed E-state index contributed by atoms with van der Waals surface area (Å²) in [5.41, 5.74) is 3.95. The summed E-state index contributed by atoms with van der Waals surface area (Å²) in [4.78, 5) is 23.0. The Kier molecular flexibility index (Phi) is 4.38. The molecule has 2 aromatic rings. The molecule has 2 aromatic carbocycles. The molecule has 0 atom stereocenters. The van der Waals surface area contributed by atoms with Crippen LogP contribution in [0.25, 0.3) is 11.1 Å². The Morgan fingerprint density at radius 2 is 1.67 bits per heavy atom. The Bertz CT molecular complexity index is 675. The number of hydrogen-bond acceptors (Lipinski definition) is 3. The maximum absolute atomic E-state index is 11.8. The van der Waals surface area contributed by atoms with Gasteiger partial charge in [0.15, 0.2) is 0 Å². The van der Waals surface area contributed by atoms with Crippen LogP contribution in [0.15, 0.2) is 42.5 Å². The van der Waals surface area contributed by atoms with E-state index in [1.807, 2.05) is 37.3 Å². The summed E-state index contributed by atoms with van der Waals surface area (Å²) in [6, 6.07) is 13.1. The van der Waals surface area contributed by atoms with Gasteiger partial charge in [0.05, 0.1) is 12.7 Å². The number of amides is 1. The zero-order chi connectivity index (χ0) is 15.4. The van der Waals surface area contributed by atoms with E-state index in [1.165, 1.54) is 14.0 Å². The van der Waals surface area contributed by atoms with Crippen LogP contribution in [0.3, 0.4) is 0 Å². The van der Waals surface area contributed by atoms with Gasteiger partial charge in [-0.15, -0.1) is 0 Å². The highest BCUT2D eigenvalue weighted by atomic mass is 16.5. The summed E-state index contributed by atoms with van der Waals surface area (Å²) in [6.07, 6.45) is 0. The fraction of sp³-hybridized carbons (Fsp3) is 0.176. The van der Waals surface area contributed by atoms with Crippen molar-refractivity contribution >= 4 is 17.6 Å². The first-order valence-corrected chi connectivity index (χ1v) is 6.57. The van der Waals surface area contributed by atoms with Crippen LogP contribution in [0.5, 0.6) is 0 Å². The maximum atomic E-state index is 11.8. The van der Waals surface area contributed by atoms with Gasteiger partial charge in [0.25, 0.3) is 0 Å². The molecular weight excluding hydrogens is 266 g/mol. The van der Waals surface area contributed by atoms with Crippen molar-refractivity contribution in [3.8, 4) is 11.1 Å². The Hall–Kier alpha value is -2.62. The first kappa shape index (κ1) is 14.8. The molecule has 0 unspecified atom stereocenters. The number of carbonyl (C=O) groups excluding carboxylic acids is 2. The molecule has 0 heterocycles. The second kappa shape index (κ2) is 6.22. The smallest absolute Gasteiger partial charge is 0.337 e. The standard InChI is InChI=1S/C17H17NO3/c1-11-4-6-13(7-5-11)14-8-15(17(20)21-3)10-16(9-14)18-12(2)19/h4-10H,1-3H3,(H,18,19). The van der Waals surface area contributed by atoms with Crippen LogP contribution < -0.4 is 5.32 Å². The van der Waals surface area contributed by atoms with Crippen LogP contribution in [0.4, 0.5) is 5.69 Å². The maximum Gasteiger partial charge on any atom is 0.337 e. The minimum atomic E-state index is -0.435. The van der Waals surface area contributed by atoms with Crippen LogP contribution in [0.1, 0.15) is 22.8 Å². The van der Waals surface area contributed by atoms with Gasteiger partial charge in [0.1, 0.15) is 0 Å². The molecule has 0 saturated heterocycles. The van der Waals surface area contributed by atoms with Crippen molar-refractivity contribution in [3.05, 3.63) is 53.6 Å².